The van der Waals surface area contributed by atoms with Gasteiger partial charge in [0, 0.05) is 5.69 Å². The molecule has 1 N–H and O–H groups in total. The Hall–Kier alpha value is -1.84. The molecule has 0 radical (unpaired) electrons. The molecular formula is C15H19NO3. The predicted molar refractivity (Wildman–Crippen MR) is 73.3 cm³/mol. The average Bonchev–Trinajstić information content (AvgIpc) is 2.83. The number of anilines is 1. The van der Waals surface area contributed by atoms with Crippen molar-refractivity contribution in [3.05, 3.63) is 24.3 Å². The van der Waals surface area contributed by atoms with Crippen molar-refractivity contribution in [2.45, 2.75) is 45.1 Å². The lowest BCUT2D eigenvalue weighted by molar-refractivity contribution is -0.124. The molecule has 4 nitrogen and oxygen atoms in total. The molecule has 1 fully saturated rings. The van der Waals surface area contributed by atoms with E-state index in [1.807, 2.05) is 12.1 Å². The zero-order valence-electron chi connectivity index (χ0n) is 11.1. The molecule has 0 aliphatic heterocycles. The van der Waals surface area contributed by atoms with Crippen molar-refractivity contribution in [1.29, 1.82) is 0 Å². The molecule has 0 spiro atoms. The number of carbonyl (C=O) groups is 2. The molecule has 19 heavy (non-hydrogen) atoms. The standard InChI is InChI=1S/C15H19NO3/c1-11(17)10-15(18)16-12-6-8-14(9-7-12)19-13-4-2-3-5-13/h6-9,13H,2-5,10H2,1H3,(H,16,18). The molecule has 1 aromatic carbocycles. The lowest BCUT2D eigenvalue weighted by Crippen LogP contribution is -2.14. The summed E-state index contributed by atoms with van der Waals surface area (Å²) in [7, 11) is 0. The van der Waals surface area contributed by atoms with Gasteiger partial charge in [-0.25, -0.2) is 0 Å². The van der Waals surface area contributed by atoms with Gasteiger partial charge in [0.15, 0.2) is 0 Å². The van der Waals surface area contributed by atoms with Crippen molar-refractivity contribution in [1.82, 2.24) is 0 Å². The largest absolute Gasteiger partial charge is 0.490 e. The molecule has 2 rings (SSSR count). The van der Waals surface area contributed by atoms with E-state index >= 15 is 0 Å². The van der Waals surface area contributed by atoms with Crippen LogP contribution in [0.2, 0.25) is 0 Å². The maximum atomic E-state index is 11.4. The molecule has 0 bridgehead atoms. The maximum Gasteiger partial charge on any atom is 0.231 e. The van der Waals surface area contributed by atoms with E-state index in [1.165, 1.54) is 19.8 Å². The van der Waals surface area contributed by atoms with Crippen molar-refractivity contribution in [2.24, 2.45) is 0 Å². The van der Waals surface area contributed by atoms with E-state index in [4.69, 9.17) is 4.74 Å². The maximum absolute atomic E-state index is 11.4. The number of ether oxygens (including phenoxy) is 1. The van der Waals surface area contributed by atoms with Gasteiger partial charge in [-0.2, -0.15) is 0 Å². The number of amides is 1. The molecule has 1 aliphatic rings. The fraction of sp³-hybridized carbons (Fsp3) is 0.467. The molecule has 102 valence electrons. The van der Waals surface area contributed by atoms with E-state index in [0.717, 1.165) is 18.6 Å². The van der Waals surface area contributed by atoms with Crippen LogP contribution in [0.15, 0.2) is 24.3 Å². The molecule has 4 heteroatoms. The normalized spacial score (nSPS) is 15.2. The van der Waals surface area contributed by atoms with Gasteiger partial charge in [-0.05, 0) is 56.9 Å². The summed E-state index contributed by atoms with van der Waals surface area (Å²) in [5.74, 6) is 0.409. The summed E-state index contributed by atoms with van der Waals surface area (Å²) in [6.45, 7) is 1.40. The Morgan fingerprint density at radius 3 is 2.42 bits per heavy atom. The molecule has 0 saturated heterocycles. The topological polar surface area (TPSA) is 55.4 Å². The first-order chi connectivity index (χ1) is 9.13. The Bertz CT molecular complexity index is 447. The Kier molecular flexibility index (Phi) is 4.55. The highest BCUT2D eigenvalue weighted by atomic mass is 16.5. The highest BCUT2D eigenvalue weighted by molar-refractivity contribution is 6.03. The van der Waals surface area contributed by atoms with Crippen molar-refractivity contribution in [2.75, 3.05) is 5.32 Å². The number of nitrogens with one attached hydrogen (secondary N) is 1. The fourth-order valence-corrected chi connectivity index (χ4v) is 2.25. The summed E-state index contributed by atoms with van der Waals surface area (Å²) < 4.78 is 5.83. The number of ketones is 1. The first-order valence-electron chi connectivity index (χ1n) is 6.69. The minimum Gasteiger partial charge on any atom is -0.490 e. The van der Waals surface area contributed by atoms with E-state index < -0.39 is 0 Å². The molecule has 1 aromatic rings. The highest BCUT2D eigenvalue weighted by Crippen LogP contribution is 2.24. The number of hydrogen-bond acceptors (Lipinski definition) is 3. The zero-order valence-corrected chi connectivity index (χ0v) is 11.1. The van der Waals surface area contributed by atoms with Gasteiger partial charge >= 0.3 is 0 Å². The van der Waals surface area contributed by atoms with E-state index in [2.05, 4.69) is 5.32 Å². The van der Waals surface area contributed by atoms with E-state index in [-0.39, 0.29) is 18.1 Å². The lowest BCUT2D eigenvalue weighted by Gasteiger charge is -2.13. The molecule has 1 aliphatic carbocycles. The predicted octanol–water partition coefficient (Wildman–Crippen LogP) is 2.93. The van der Waals surface area contributed by atoms with Gasteiger partial charge in [-0.3, -0.25) is 9.59 Å². The smallest absolute Gasteiger partial charge is 0.231 e. The summed E-state index contributed by atoms with van der Waals surface area (Å²) in [6.07, 6.45) is 4.97. The molecule has 0 aromatic heterocycles. The van der Waals surface area contributed by atoms with Gasteiger partial charge in [0.25, 0.3) is 0 Å². The van der Waals surface area contributed by atoms with Crippen molar-refractivity contribution in [3.8, 4) is 5.75 Å². The zero-order chi connectivity index (χ0) is 13.7. The van der Waals surface area contributed by atoms with E-state index in [0.29, 0.717) is 11.8 Å². The van der Waals surface area contributed by atoms with Gasteiger partial charge < -0.3 is 10.1 Å². The van der Waals surface area contributed by atoms with Crippen LogP contribution >= 0.6 is 0 Å². The molecule has 0 heterocycles. The summed E-state index contributed by atoms with van der Waals surface area (Å²) in [6, 6.07) is 7.29. The van der Waals surface area contributed by atoms with Crippen LogP contribution < -0.4 is 10.1 Å². The van der Waals surface area contributed by atoms with Crippen LogP contribution in [-0.2, 0) is 9.59 Å². The molecule has 1 saturated carbocycles. The first-order valence-corrected chi connectivity index (χ1v) is 6.69. The Morgan fingerprint density at radius 1 is 1.21 bits per heavy atom. The Balaban J connectivity index is 1.87. The fourth-order valence-electron chi connectivity index (χ4n) is 2.25. The second-order valence-electron chi connectivity index (χ2n) is 4.98. The van der Waals surface area contributed by atoms with Crippen LogP contribution in [-0.4, -0.2) is 17.8 Å². The number of benzene rings is 1. The second kappa shape index (κ2) is 6.36. The van der Waals surface area contributed by atoms with Crippen molar-refractivity contribution < 1.29 is 14.3 Å². The van der Waals surface area contributed by atoms with Crippen LogP contribution in [0.5, 0.6) is 5.75 Å². The minimum atomic E-state index is -0.281. The second-order valence-corrected chi connectivity index (χ2v) is 4.98. The average molecular weight is 261 g/mol. The van der Waals surface area contributed by atoms with Crippen LogP contribution in [0, 0.1) is 0 Å². The molecule has 0 atom stereocenters. The van der Waals surface area contributed by atoms with Crippen molar-refractivity contribution >= 4 is 17.4 Å². The molecule has 1 amide bonds. The van der Waals surface area contributed by atoms with Crippen LogP contribution in [0.3, 0.4) is 0 Å². The van der Waals surface area contributed by atoms with Gasteiger partial charge in [-0.1, -0.05) is 0 Å². The monoisotopic (exact) mass is 261 g/mol. The van der Waals surface area contributed by atoms with Gasteiger partial charge in [0.2, 0.25) is 5.91 Å². The third-order valence-electron chi connectivity index (χ3n) is 3.15. The van der Waals surface area contributed by atoms with Crippen LogP contribution in [0.1, 0.15) is 39.0 Å². The van der Waals surface area contributed by atoms with Gasteiger partial charge in [0.05, 0.1) is 12.5 Å². The van der Waals surface area contributed by atoms with Crippen molar-refractivity contribution in [3.63, 3.8) is 0 Å². The van der Waals surface area contributed by atoms with Gasteiger partial charge in [-0.15, -0.1) is 0 Å². The van der Waals surface area contributed by atoms with E-state index in [9.17, 15) is 9.59 Å². The number of rotatable bonds is 5. The number of Topliss-reactive ketones (excluding diaryl/α,β-unsaturated/α-hetero) is 1. The first kappa shape index (κ1) is 13.6. The number of hydrogen-bond donors (Lipinski definition) is 1. The summed E-state index contributed by atoms with van der Waals surface area (Å²) in [5, 5.41) is 2.68. The van der Waals surface area contributed by atoms with Crippen LogP contribution in [0.4, 0.5) is 5.69 Å². The SMILES string of the molecule is CC(=O)CC(=O)Nc1ccc(OC2CCCC2)cc1. The third kappa shape index (κ3) is 4.39. The quantitative estimate of drug-likeness (QED) is 0.829. The third-order valence-corrected chi connectivity index (χ3v) is 3.15. The lowest BCUT2D eigenvalue weighted by atomic mass is 10.2. The summed E-state index contributed by atoms with van der Waals surface area (Å²) in [5.41, 5.74) is 0.685. The summed E-state index contributed by atoms with van der Waals surface area (Å²) in [4.78, 5) is 22.2. The van der Waals surface area contributed by atoms with Gasteiger partial charge in [0.1, 0.15) is 11.5 Å². The highest BCUT2D eigenvalue weighted by Gasteiger charge is 2.16. The number of carbonyl (C=O) groups excluding carboxylic acids is 2. The van der Waals surface area contributed by atoms with Crippen LogP contribution in [0.25, 0.3) is 0 Å². The molecular weight excluding hydrogens is 242 g/mol. The summed E-state index contributed by atoms with van der Waals surface area (Å²) >= 11 is 0. The molecule has 0 unspecified atom stereocenters. The van der Waals surface area contributed by atoms with E-state index in [1.54, 1.807) is 12.1 Å². The Labute approximate surface area is 113 Å². The Morgan fingerprint density at radius 2 is 1.84 bits per heavy atom. The minimum absolute atomic E-state index is 0.0830.